The molecular weight excluding hydrogens is 464 g/mol. The lowest BCUT2D eigenvalue weighted by Crippen LogP contribution is -2.38. The van der Waals surface area contributed by atoms with Gasteiger partial charge in [-0.25, -0.2) is 4.98 Å². The van der Waals surface area contributed by atoms with E-state index in [9.17, 15) is 4.79 Å². The van der Waals surface area contributed by atoms with Gasteiger partial charge < -0.3 is 24.6 Å². The zero-order valence-electron chi connectivity index (χ0n) is 22.8. The minimum absolute atomic E-state index is 0.0399. The second kappa shape index (κ2) is 11.0. The largest absolute Gasteiger partial charge is 0.381 e. The van der Waals surface area contributed by atoms with Crippen molar-refractivity contribution in [2.45, 2.75) is 77.5 Å². The monoisotopic (exact) mass is 506 g/mol. The van der Waals surface area contributed by atoms with Gasteiger partial charge in [-0.2, -0.15) is 0 Å². The van der Waals surface area contributed by atoms with Crippen LogP contribution in [0.1, 0.15) is 64.9 Å². The lowest BCUT2D eigenvalue weighted by atomic mass is 9.81. The SMILES string of the molecule is COC1CCN(c2ccc3c(c2)N(C(=O)C2CCC(COC(C)(C)C)CC2)Cc2cccnc2N3)CC1. The number of methoxy groups -OCH3 is 1. The second-order valence-corrected chi connectivity index (χ2v) is 11.8. The summed E-state index contributed by atoms with van der Waals surface area (Å²) >= 11 is 0. The third-order valence-electron chi connectivity index (χ3n) is 8.10. The number of fused-ring (bicyclic) bond motifs is 2. The van der Waals surface area contributed by atoms with Crippen LogP contribution in [0.4, 0.5) is 22.9 Å². The van der Waals surface area contributed by atoms with Gasteiger partial charge in [0, 0.05) is 43.6 Å². The van der Waals surface area contributed by atoms with Crippen molar-refractivity contribution in [3.63, 3.8) is 0 Å². The van der Waals surface area contributed by atoms with Crippen LogP contribution >= 0.6 is 0 Å². The van der Waals surface area contributed by atoms with Gasteiger partial charge in [0.25, 0.3) is 0 Å². The number of pyridine rings is 1. The highest BCUT2D eigenvalue weighted by molar-refractivity contribution is 6.00. The van der Waals surface area contributed by atoms with Crippen molar-refractivity contribution in [1.29, 1.82) is 0 Å². The van der Waals surface area contributed by atoms with E-state index in [1.165, 1.54) is 0 Å². The lowest BCUT2D eigenvalue weighted by Gasteiger charge is -2.35. The van der Waals surface area contributed by atoms with Gasteiger partial charge in [-0.1, -0.05) is 6.07 Å². The van der Waals surface area contributed by atoms with Crippen LogP contribution in [0.25, 0.3) is 0 Å². The number of amides is 1. The van der Waals surface area contributed by atoms with Crippen LogP contribution < -0.4 is 15.1 Å². The molecular formula is C30H42N4O3. The Kier molecular flexibility index (Phi) is 7.72. The molecule has 1 saturated carbocycles. The average Bonchev–Trinajstić information content (AvgIpc) is 3.08. The Morgan fingerprint density at radius 2 is 1.84 bits per heavy atom. The molecule has 0 atom stereocenters. The molecule has 7 nitrogen and oxygen atoms in total. The molecule has 1 aromatic heterocycles. The van der Waals surface area contributed by atoms with Crippen LogP contribution in [0.15, 0.2) is 36.5 Å². The summed E-state index contributed by atoms with van der Waals surface area (Å²) in [7, 11) is 1.80. The first-order chi connectivity index (χ1) is 17.8. The molecule has 1 aliphatic carbocycles. The zero-order chi connectivity index (χ0) is 26.0. The predicted octanol–water partition coefficient (Wildman–Crippen LogP) is 5.91. The van der Waals surface area contributed by atoms with Crippen LogP contribution in [0.3, 0.4) is 0 Å². The highest BCUT2D eigenvalue weighted by atomic mass is 16.5. The van der Waals surface area contributed by atoms with Crippen LogP contribution in [0.5, 0.6) is 0 Å². The van der Waals surface area contributed by atoms with Crippen LogP contribution in [-0.2, 0) is 20.8 Å². The molecule has 3 aliphatic rings. The fourth-order valence-electron chi connectivity index (χ4n) is 5.82. The first-order valence-electron chi connectivity index (χ1n) is 13.9. The standard InChI is InChI=1S/C30H42N4O3/c1-30(2,3)37-20-21-7-9-22(10-8-21)29(35)34-19-23-6-5-15-31-28(23)32-26-12-11-24(18-27(26)34)33-16-13-25(36-4)14-17-33/h5-6,11-12,15,18,21-22,25H,7-10,13-14,16-17,19-20H2,1-4H3,(H,31,32). The number of aromatic nitrogens is 1. The number of carbonyl (C=O) groups is 1. The van der Waals surface area contributed by atoms with E-state index in [1.54, 1.807) is 13.3 Å². The molecule has 2 aromatic rings. The molecule has 7 heteroatoms. The third-order valence-corrected chi connectivity index (χ3v) is 8.10. The summed E-state index contributed by atoms with van der Waals surface area (Å²) in [4.78, 5) is 23.1. The minimum atomic E-state index is -0.118. The summed E-state index contributed by atoms with van der Waals surface area (Å²) < 4.78 is 11.6. The van der Waals surface area contributed by atoms with E-state index in [4.69, 9.17) is 9.47 Å². The lowest BCUT2D eigenvalue weighted by molar-refractivity contribution is -0.124. The number of hydrogen-bond donors (Lipinski definition) is 1. The van der Waals surface area contributed by atoms with Crippen LogP contribution in [0, 0.1) is 11.8 Å². The summed E-state index contributed by atoms with van der Waals surface area (Å²) in [5.41, 5.74) is 3.98. The number of benzene rings is 1. The van der Waals surface area contributed by atoms with Crippen molar-refractivity contribution in [2.75, 3.05) is 41.9 Å². The fraction of sp³-hybridized carbons (Fsp3) is 0.600. The molecule has 37 heavy (non-hydrogen) atoms. The van der Waals surface area contributed by atoms with E-state index < -0.39 is 0 Å². The maximum atomic E-state index is 14.1. The predicted molar refractivity (Wildman–Crippen MR) is 149 cm³/mol. The summed E-state index contributed by atoms with van der Waals surface area (Å²) in [6.45, 7) is 9.55. The second-order valence-electron chi connectivity index (χ2n) is 11.8. The molecule has 200 valence electrons. The van der Waals surface area contributed by atoms with Gasteiger partial charge in [-0.05, 0) is 89.5 Å². The summed E-state index contributed by atoms with van der Waals surface area (Å²) in [6, 6.07) is 10.5. The number of nitrogens with one attached hydrogen (secondary N) is 1. The molecule has 0 bridgehead atoms. The quantitative estimate of drug-likeness (QED) is 0.544. The van der Waals surface area contributed by atoms with Gasteiger partial charge in [0.2, 0.25) is 5.91 Å². The molecule has 0 radical (unpaired) electrons. The highest BCUT2D eigenvalue weighted by Crippen LogP contribution is 2.40. The summed E-state index contributed by atoms with van der Waals surface area (Å²) in [5, 5.41) is 3.51. The van der Waals surface area contributed by atoms with E-state index in [1.807, 2.05) is 11.0 Å². The van der Waals surface area contributed by atoms with Crippen LogP contribution in [-0.4, -0.2) is 49.4 Å². The van der Waals surface area contributed by atoms with Gasteiger partial charge in [0.1, 0.15) is 5.82 Å². The third kappa shape index (κ3) is 6.10. The smallest absolute Gasteiger partial charge is 0.230 e. The van der Waals surface area contributed by atoms with Crippen LogP contribution in [0.2, 0.25) is 0 Å². The van der Waals surface area contributed by atoms with Crippen molar-refractivity contribution >= 4 is 28.8 Å². The Morgan fingerprint density at radius 1 is 1.08 bits per heavy atom. The molecule has 0 spiro atoms. The molecule has 2 fully saturated rings. The van der Waals surface area contributed by atoms with Crippen molar-refractivity contribution in [3.05, 3.63) is 42.1 Å². The maximum absolute atomic E-state index is 14.1. The van der Waals surface area contributed by atoms with Gasteiger partial charge in [-0.15, -0.1) is 0 Å². The number of ether oxygens (including phenoxy) is 2. The number of anilines is 4. The van der Waals surface area contributed by atoms with Gasteiger partial charge >= 0.3 is 0 Å². The van der Waals surface area contributed by atoms with Gasteiger partial charge in [0.15, 0.2) is 0 Å². The summed E-state index contributed by atoms with van der Waals surface area (Å²) in [6.07, 6.45) is 8.09. The van der Waals surface area contributed by atoms with Crippen molar-refractivity contribution in [2.24, 2.45) is 11.8 Å². The Hall–Kier alpha value is -2.64. The number of piperidine rings is 1. The Morgan fingerprint density at radius 3 is 2.54 bits per heavy atom. The number of rotatable bonds is 5. The number of hydrogen-bond acceptors (Lipinski definition) is 6. The summed E-state index contributed by atoms with van der Waals surface area (Å²) in [5.74, 6) is 1.63. The molecule has 1 aromatic carbocycles. The Balaban J connectivity index is 1.36. The van der Waals surface area contributed by atoms with Crippen molar-refractivity contribution in [1.82, 2.24) is 4.98 Å². The van der Waals surface area contributed by atoms with E-state index in [-0.39, 0.29) is 17.4 Å². The van der Waals surface area contributed by atoms with Crippen molar-refractivity contribution < 1.29 is 14.3 Å². The van der Waals surface area contributed by atoms with Gasteiger partial charge in [0.05, 0.1) is 36.2 Å². The zero-order valence-corrected chi connectivity index (χ0v) is 22.8. The molecule has 2 aliphatic heterocycles. The minimum Gasteiger partial charge on any atom is -0.381 e. The van der Waals surface area contributed by atoms with E-state index >= 15 is 0 Å². The molecule has 0 unspecified atom stereocenters. The normalized spacial score (nSPS) is 22.6. The fourth-order valence-corrected chi connectivity index (χ4v) is 5.82. The van der Waals surface area contributed by atoms with E-state index in [2.05, 4.69) is 60.2 Å². The van der Waals surface area contributed by atoms with E-state index in [0.29, 0.717) is 18.6 Å². The highest BCUT2D eigenvalue weighted by Gasteiger charge is 2.34. The van der Waals surface area contributed by atoms with E-state index in [0.717, 1.165) is 86.7 Å². The first kappa shape index (κ1) is 26.0. The first-order valence-corrected chi connectivity index (χ1v) is 13.9. The number of carbonyl (C=O) groups excluding carboxylic acids is 1. The maximum Gasteiger partial charge on any atom is 0.230 e. The Labute approximate surface area is 221 Å². The average molecular weight is 507 g/mol. The molecule has 1 N–H and O–H groups in total. The number of nitrogens with zero attached hydrogens (tertiary/aromatic N) is 3. The molecule has 5 rings (SSSR count). The topological polar surface area (TPSA) is 66.9 Å². The Bertz CT molecular complexity index is 1080. The molecule has 1 amide bonds. The molecule has 3 heterocycles. The van der Waals surface area contributed by atoms with Crippen molar-refractivity contribution in [3.8, 4) is 0 Å². The van der Waals surface area contributed by atoms with Gasteiger partial charge in [-0.3, -0.25) is 4.79 Å². The molecule has 1 saturated heterocycles.